The standard InChI is InChI=1S/C15H15NO3S/c1-19-10-7-5-9(6-8-10)14-16-13-11(15(17)18)3-2-4-12(13)20-14/h5-8,11H,2-4H2,1H3,(H,17,18). The SMILES string of the molecule is COc1ccc(-c2nc3c(s2)CCCC3C(=O)O)cc1. The fourth-order valence-corrected chi connectivity index (χ4v) is 3.69. The van der Waals surface area contributed by atoms with Gasteiger partial charge in [-0.3, -0.25) is 4.79 Å². The lowest BCUT2D eigenvalue weighted by Crippen LogP contribution is -2.17. The number of methoxy groups -OCH3 is 1. The van der Waals surface area contributed by atoms with Gasteiger partial charge in [0.05, 0.1) is 18.7 Å². The third kappa shape index (κ3) is 2.29. The molecule has 1 heterocycles. The molecule has 3 rings (SSSR count). The van der Waals surface area contributed by atoms with Crippen LogP contribution in [0, 0.1) is 0 Å². The second-order valence-corrected chi connectivity index (χ2v) is 5.92. The number of rotatable bonds is 3. The van der Waals surface area contributed by atoms with Crippen molar-refractivity contribution in [1.29, 1.82) is 0 Å². The molecule has 1 aliphatic carbocycles. The Labute approximate surface area is 121 Å². The maximum Gasteiger partial charge on any atom is 0.312 e. The van der Waals surface area contributed by atoms with Crippen molar-refractivity contribution in [3.05, 3.63) is 34.8 Å². The Morgan fingerprint density at radius 1 is 1.40 bits per heavy atom. The first-order valence-corrected chi connectivity index (χ1v) is 7.37. The van der Waals surface area contributed by atoms with Crippen LogP contribution in [0.3, 0.4) is 0 Å². The summed E-state index contributed by atoms with van der Waals surface area (Å²) in [4.78, 5) is 17.0. The molecule has 104 valence electrons. The Kier molecular flexibility index (Phi) is 3.44. The zero-order chi connectivity index (χ0) is 14.1. The highest BCUT2D eigenvalue weighted by molar-refractivity contribution is 7.15. The van der Waals surface area contributed by atoms with Gasteiger partial charge in [-0.15, -0.1) is 11.3 Å². The van der Waals surface area contributed by atoms with Crippen molar-refractivity contribution in [2.45, 2.75) is 25.2 Å². The summed E-state index contributed by atoms with van der Waals surface area (Å²) in [6.45, 7) is 0. The first-order chi connectivity index (χ1) is 9.69. The zero-order valence-electron chi connectivity index (χ0n) is 11.1. The molecule has 1 aliphatic rings. The average Bonchev–Trinajstić information content (AvgIpc) is 2.90. The van der Waals surface area contributed by atoms with Crippen LogP contribution in [0.1, 0.15) is 29.3 Å². The number of carboxylic acids is 1. The number of fused-ring (bicyclic) bond motifs is 1. The molecule has 0 bridgehead atoms. The predicted octanol–water partition coefficient (Wildman–Crippen LogP) is 3.32. The van der Waals surface area contributed by atoms with Crippen molar-refractivity contribution in [1.82, 2.24) is 4.98 Å². The summed E-state index contributed by atoms with van der Waals surface area (Å²) in [6, 6.07) is 7.70. The van der Waals surface area contributed by atoms with E-state index in [0.717, 1.165) is 39.7 Å². The highest BCUT2D eigenvalue weighted by Crippen LogP contribution is 2.38. The molecule has 0 radical (unpaired) electrons. The molecule has 1 atom stereocenters. The number of benzene rings is 1. The summed E-state index contributed by atoms with van der Waals surface area (Å²) in [7, 11) is 1.63. The zero-order valence-corrected chi connectivity index (χ0v) is 11.9. The second kappa shape index (κ2) is 5.25. The summed E-state index contributed by atoms with van der Waals surface area (Å²) in [6.07, 6.45) is 2.55. The molecule has 0 saturated carbocycles. The van der Waals surface area contributed by atoms with Gasteiger partial charge in [0, 0.05) is 10.4 Å². The van der Waals surface area contributed by atoms with Crippen molar-refractivity contribution in [3.8, 4) is 16.3 Å². The van der Waals surface area contributed by atoms with E-state index in [1.54, 1.807) is 18.4 Å². The number of aryl methyl sites for hydroxylation is 1. The molecular formula is C15H15NO3S. The van der Waals surface area contributed by atoms with Crippen molar-refractivity contribution >= 4 is 17.3 Å². The predicted molar refractivity (Wildman–Crippen MR) is 77.4 cm³/mol. The molecule has 1 N–H and O–H groups in total. The Morgan fingerprint density at radius 3 is 2.80 bits per heavy atom. The average molecular weight is 289 g/mol. The minimum Gasteiger partial charge on any atom is -0.497 e. The molecule has 20 heavy (non-hydrogen) atoms. The number of ether oxygens (including phenoxy) is 1. The van der Waals surface area contributed by atoms with Crippen molar-refractivity contribution in [2.24, 2.45) is 0 Å². The quantitative estimate of drug-likeness (QED) is 0.941. The second-order valence-electron chi connectivity index (χ2n) is 4.84. The van der Waals surface area contributed by atoms with Crippen molar-refractivity contribution < 1.29 is 14.6 Å². The lowest BCUT2D eigenvalue weighted by molar-refractivity contribution is -0.139. The number of carboxylic acid groups (broad SMARTS) is 1. The van der Waals surface area contributed by atoms with Gasteiger partial charge in [-0.2, -0.15) is 0 Å². The van der Waals surface area contributed by atoms with E-state index in [1.807, 2.05) is 24.3 Å². The van der Waals surface area contributed by atoms with Crippen molar-refractivity contribution in [2.75, 3.05) is 7.11 Å². The Balaban J connectivity index is 1.97. The van der Waals surface area contributed by atoms with Crippen LogP contribution in [-0.4, -0.2) is 23.2 Å². The van der Waals surface area contributed by atoms with Gasteiger partial charge in [-0.05, 0) is 43.5 Å². The number of nitrogens with zero attached hydrogens (tertiary/aromatic N) is 1. The molecule has 1 aromatic carbocycles. The van der Waals surface area contributed by atoms with Crippen LogP contribution in [0.15, 0.2) is 24.3 Å². The molecule has 1 aromatic heterocycles. The third-order valence-electron chi connectivity index (χ3n) is 3.59. The van der Waals surface area contributed by atoms with Crippen LogP contribution < -0.4 is 4.74 Å². The van der Waals surface area contributed by atoms with E-state index < -0.39 is 11.9 Å². The molecule has 0 saturated heterocycles. The number of aromatic nitrogens is 1. The van der Waals surface area contributed by atoms with Crippen molar-refractivity contribution in [3.63, 3.8) is 0 Å². The monoisotopic (exact) mass is 289 g/mol. The Hall–Kier alpha value is -1.88. The molecule has 1 unspecified atom stereocenters. The Bertz CT molecular complexity index is 633. The summed E-state index contributed by atoms with van der Waals surface area (Å²) in [5, 5.41) is 10.2. The van der Waals surface area contributed by atoms with Crippen LogP contribution in [0.2, 0.25) is 0 Å². The van der Waals surface area contributed by atoms with Gasteiger partial charge < -0.3 is 9.84 Å². The van der Waals surface area contributed by atoms with Crippen LogP contribution in [0.5, 0.6) is 5.75 Å². The summed E-state index contributed by atoms with van der Waals surface area (Å²) in [5.74, 6) is -0.405. The highest BCUT2D eigenvalue weighted by Gasteiger charge is 2.30. The van der Waals surface area contributed by atoms with Gasteiger partial charge in [-0.25, -0.2) is 4.98 Å². The lowest BCUT2D eigenvalue weighted by Gasteiger charge is -2.16. The molecule has 4 nitrogen and oxygen atoms in total. The van der Waals surface area contributed by atoms with E-state index in [-0.39, 0.29) is 0 Å². The Morgan fingerprint density at radius 2 is 2.15 bits per heavy atom. The van der Waals surface area contributed by atoms with Gasteiger partial charge in [0.25, 0.3) is 0 Å². The molecule has 0 amide bonds. The van der Waals surface area contributed by atoms with E-state index in [4.69, 9.17) is 4.74 Å². The highest BCUT2D eigenvalue weighted by atomic mass is 32.1. The van der Waals surface area contributed by atoms with E-state index in [9.17, 15) is 9.90 Å². The smallest absolute Gasteiger partial charge is 0.312 e. The van der Waals surface area contributed by atoms with Crippen LogP contribution >= 0.6 is 11.3 Å². The number of aliphatic carboxylic acids is 1. The van der Waals surface area contributed by atoms with E-state index in [2.05, 4.69) is 4.98 Å². The van der Waals surface area contributed by atoms with Gasteiger partial charge in [0.15, 0.2) is 0 Å². The fraction of sp³-hybridized carbons (Fsp3) is 0.333. The minimum absolute atomic E-state index is 0.443. The maximum atomic E-state index is 11.3. The maximum absolute atomic E-state index is 11.3. The van der Waals surface area contributed by atoms with E-state index in [0.29, 0.717) is 6.42 Å². The molecule has 0 aliphatic heterocycles. The summed E-state index contributed by atoms with van der Waals surface area (Å²) < 4.78 is 5.14. The largest absolute Gasteiger partial charge is 0.497 e. The molecule has 0 fully saturated rings. The van der Waals surface area contributed by atoms with Crippen LogP contribution in [0.25, 0.3) is 10.6 Å². The van der Waals surface area contributed by atoms with Gasteiger partial charge in [-0.1, -0.05) is 0 Å². The normalized spacial score (nSPS) is 17.6. The molecule has 0 spiro atoms. The summed E-state index contributed by atoms with van der Waals surface area (Å²) in [5.41, 5.74) is 1.77. The van der Waals surface area contributed by atoms with Crippen LogP contribution in [0.4, 0.5) is 0 Å². The van der Waals surface area contributed by atoms with Gasteiger partial charge in [0.2, 0.25) is 0 Å². The first kappa shape index (κ1) is 13.1. The lowest BCUT2D eigenvalue weighted by atomic mass is 9.91. The number of hydrogen-bond acceptors (Lipinski definition) is 4. The van der Waals surface area contributed by atoms with E-state index in [1.165, 1.54) is 0 Å². The fourth-order valence-electron chi connectivity index (χ4n) is 2.52. The molecular weight excluding hydrogens is 274 g/mol. The first-order valence-electron chi connectivity index (χ1n) is 6.56. The third-order valence-corrected chi connectivity index (χ3v) is 4.77. The van der Waals surface area contributed by atoms with Gasteiger partial charge in [0.1, 0.15) is 10.8 Å². The topological polar surface area (TPSA) is 59.4 Å². The number of thiazole rings is 1. The molecule has 2 aromatic rings. The van der Waals surface area contributed by atoms with Gasteiger partial charge >= 0.3 is 5.97 Å². The molecule has 5 heteroatoms. The summed E-state index contributed by atoms with van der Waals surface area (Å²) >= 11 is 1.61. The number of hydrogen-bond donors (Lipinski definition) is 1. The minimum atomic E-state index is -0.766. The number of carbonyl (C=O) groups is 1. The van der Waals surface area contributed by atoms with E-state index >= 15 is 0 Å². The van der Waals surface area contributed by atoms with Crippen LogP contribution in [-0.2, 0) is 11.2 Å².